The van der Waals surface area contributed by atoms with Crippen molar-refractivity contribution >= 4 is 49.7 Å². The lowest BCUT2D eigenvalue weighted by molar-refractivity contribution is -0.119. The van der Waals surface area contributed by atoms with Crippen molar-refractivity contribution in [2.45, 2.75) is 18.2 Å². The number of likely N-dealkylation sites (N-methyl/N-ethyl adjacent to an activating group) is 1. The molecule has 0 aromatic heterocycles. The molecule has 5 rings (SSSR count). The molecule has 0 aliphatic carbocycles. The van der Waals surface area contributed by atoms with Gasteiger partial charge in [-0.1, -0.05) is 48.5 Å². The Bertz CT molecular complexity index is 1730. The Balaban J connectivity index is 1.49. The molecule has 1 aliphatic heterocycles. The van der Waals surface area contributed by atoms with Gasteiger partial charge in [-0.15, -0.1) is 0 Å². The summed E-state index contributed by atoms with van der Waals surface area (Å²) in [5.74, 6) is -0.289. The molecule has 0 atom stereocenters. The van der Waals surface area contributed by atoms with Crippen molar-refractivity contribution in [1.82, 2.24) is 4.90 Å². The van der Waals surface area contributed by atoms with E-state index in [1.54, 1.807) is 47.4 Å². The quantitative estimate of drug-likeness (QED) is 0.357. The Hall–Kier alpha value is -4.21. The Labute approximate surface area is 234 Å². The van der Waals surface area contributed by atoms with E-state index in [4.69, 9.17) is 0 Å². The van der Waals surface area contributed by atoms with E-state index >= 15 is 0 Å². The molecule has 4 aromatic rings. The van der Waals surface area contributed by atoms with Crippen molar-refractivity contribution in [1.29, 1.82) is 0 Å². The maximum Gasteiger partial charge on any atom is 0.264 e. The molecule has 40 heavy (non-hydrogen) atoms. The van der Waals surface area contributed by atoms with Gasteiger partial charge in [0.25, 0.3) is 15.9 Å². The molecule has 206 valence electrons. The summed E-state index contributed by atoms with van der Waals surface area (Å²) in [6.07, 6.45) is 0.728. The number of aryl methyl sites for hydroxylation is 1. The monoisotopic (exact) mass is 556 g/mol. The average Bonchev–Trinajstić information content (AvgIpc) is 3.36. The van der Waals surface area contributed by atoms with Crippen LogP contribution in [-0.4, -0.2) is 59.4 Å². The van der Waals surface area contributed by atoms with Crippen molar-refractivity contribution in [3.05, 3.63) is 95.6 Å². The summed E-state index contributed by atoms with van der Waals surface area (Å²) >= 11 is 0. The van der Waals surface area contributed by atoms with E-state index in [1.165, 1.54) is 17.4 Å². The second kappa shape index (κ2) is 10.7. The van der Waals surface area contributed by atoms with Gasteiger partial charge in [-0.05, 0) is 68.9 Å². The number of carbonyl (C=O) groups is 2. The van der Waals surface area contributed by atoms with E-state index in [-0.39, 0.29) is 23.3 Å². The van der Waals surface area contributed by atoms with Gasteiger partial charge in [-0.3, -0.25) is 13.9 Å². The van der Waals surface area contributed by atoms with E-state index in [9.17, 15) is 18.0 Å². The van der Waals surface area contributed by atoms with Crippen LogP contribution in [0.3, 0.4) is 0 Å². The highest BCUT2D eigenvalue weighted by atomic mass is 32.2. The lowest BCUT2D eigenvalue weighted by atomic mass is 10.1. The van der Waals surface area contributed by atoms with Gasteiger partial charge in [-0.25, -0.2) is 8.42 Å². The number of rotatable bonds is 7. The molecule has 0 saturated carbocycles. The lowest BCUT2D eigenvalue weighted by Crippen LogP contribution is -2.36. The Kier molecular flexibility index (Phi) is 7.35. The SMILES string of the molecule is Cc1ccccc1C(=O)Nc1ccc(S(=O)(=O)N(C)c2ccc3c(c2)N(C(=O)CN(C)C)CC3)c2ccccc12. The van der Waals surface area contributed by atoms with Gasteiger partial charge in [-0.2, -0.15) is 0 Å². The van der Waals surface area contributed by atoms with E-state index in [2.05, 4.69) is 5.32 Å². The minimum atomic E-state index is -3.99. The van der Waals surface area contributed by atoms with Gasteiger partial charge >= 0.3 is 0 Å². The maximum atomic E-state index is 14.0. The molecule has 1 aliphatic rings. The van der Waals surface area contributed by atoms with Crippen LogP contribution in [0.5, 0.6) is 0 Å². The summed E-state index contributed by atoms with van der Waals surface area (Å²) in [4.78, 5) is 29.5. The number of anilines is 3. The zero-order valence-corrected chi connectivity index (χ0v) is 23.8. The molecule has 4 aromatic carbocycles. The van der Waals surface area contributed by atoms with Crippen molar-refractivity contribution in [2.24, 2.45) is 0 Å². The first-order valence-corrected chi connectivity index (χ1v) is 14.5. The fraction of sp³-hybridized carbons (Fsp3) is 0.226. The number of hydrogen-bond donors (Lipinski definition) is 1. The summed E-state index contributed by atoms with van der Waals surface area (Å²) < 4.78 is 29.2. The number of carbonyl (C=O) groups excluding carboxylic acids is 2. The molecule has 9 heteroatoms. The summed E-state index contributed by atoms with van der Waals surface area (Å²) in [5, 5.41) is 4.07. The molecular formula is C31H32N4O4S. The zero-order chi connectivity index (χ0) is 28.6. The minimum Gasteiger partial charge on any atom is -0.321 e. The van der Waals surface area contributed by atoms with E-state index < -0.39 is 10.0 Å². The highest BCUT2D eigenvalue weighted by Crippen LogP contribution is 2.36. The van der Waals surface area contributed by atoms with Crippen molar-refractivity contribution in [3.63, 3.8) is 0 Å². The van der Waals surface area contributed by atoms with Crippen LogP contribution in [0, 0.1) is 6.92 Å². The number of nitrogens with one attached hydrogen (secondary N) is 1. The summed E-state index contributed by atoms with van der Waals surface area (Å²) in [6, 6.07) is 23.0. The van der Waals surface area contributed by atoms with Crippen LogP contribution in [0.15, 0.2) is 83.8 Å². The van der Waals surface area contributed by atoms with Crippen molar-refractivity contribution in [3.8, 4) is 0 Å². The third-order valence-corrected chi connectivity index (χ3v) is 9.08. The first kappa shape index (κ1) is 27.4. The number of nitrogens with zero attached hydrogens (tertiary/aromatic N) is 3. The molecule has 1 N–H and O–H groups in total. The number of hydrogen-bond acceptors (Lipinski definition) is 5. The van der Waals surface area contributed by atoms with Crippen LogP contribution >= 0.6 is 0 Å². The summed E-state index contributed by atoms with van der Waals surface area (Å²) in [7, 11) is 1.21. The smallest absolute Gasteiger partial charge is 0.264 e. The highest BCUT2D eigenvalue weighted by molar-refractivity contribution is 7.93. The van der Waals surface area contributed by atoms with E-state index in [0.29, 0.717) is 34.3 Å². The molecule has 0 spiro atoms. The average molecular weight is 557 g/mol. The van der Waals surface area contributed by atoms with Crippen LogP contribution in [0.2, 0.25) is 0 Å². The number of fused-ring (bicyclic) bond motifs is 2. The van der Waals surface area contributed by atoms with Gasteiger partial charge in [0, 0.05) is 41.3 Å². The third-order valence-electron chi connectivity index (χ3n) is 7.24. The standard InChI is InChI=1S/C31H32N4O4S/c1-21-9-5-6-10-24(21)31(37)32-27-15-16-29(26-12-8-7-11-25(26)27)40(38,39)34(4)23-14-13-22-17-18-35(28(22)19-23)30(36)20-33(2)3/h5-16,19H,17-18,20H2,1-4H3,(H,32,37). The van der Waals surface area contributed by atoms with E-state index in [1.807, 2.05) is 56.3 Å². The van der Waals surface area contributed by atoms with Crippen LogP contribution in [0.1, 0.15) is 21.5 Å². The molecule has 0 radical (unpaired) electrons. The first-order chi connectivity index (χ1) is 19.1. The Morgan fingerprint density at radius 1 is 0.900 bits per heavy atom. The highest BCUT2D eigenvalue weighted by Gasteiger charge is 2.29. The van der Waals surface area contributed by atoms with Crippen molar-refractivity contribution < 1.29 is 18.0 Å². The molecule has 0 bridgehead atoms. The topological polar surface area (TPSA) is 90.0 Å². The normalized spacial score (nSPS) is 13.0. The van der Waals surface area contributed by atoms with Crippen LogP contribution in [0.25, 0.3) is 10.8 Å². The zero-order valence-electron chi connectivity index (χ0n) is 23.0. The van der Waals surface area contributed by atoms with Gasteiger partial charge in [0.2, 0.25) is 5.91 Å². The number of benzene rings is 4. The molecule has 2 amide bonds. The largest absolute Gasteiger partial charge is 0.321 e. The molecule has 0 fully saturated rings. The Morgan fingerprint density at radius 3 is 2.33 bits per heavy atom. The molecule has 1 heterocycles. The van der Waals surface area contributed by atoms with Gasteiger partial charge in [0.05, 0.1) is 17.1 Å². The molecular weight excluding hydrogens is 524 g/mol. The lowest BCUT2D eigenvalue weighted by Gasteiger charge is -2.24. The summed E-state index contributed by atoms with van der Waals surface area (Å²) in [5.41, 5.74) is 4.15. The Morgan fingerprint density at radius 2 is 1.60 bits per heavy atom. The first-order valence-electron chi connectivity index (χ1n) is 13.0. The minimum absolute atomic E-state index is 0.0271. The second-order valence-electron chi connectivity index (χ2n) is 10.2. The maximum absolute atomic E-state index is 14.0. The fourth-order valence-corrected chi connectivity index (χ4v) is 6.47. The predicted octanol–water partition coefficient (Wildman–Crippen LogP) is 4.68. The number of amides is 2. The third kappa shape index (κ3) is 5.05. The predicted molar refractivity (Wildman–Crippen MR) is 160 cm³/mol. The van der Waals surface area contributed by atoms with Crippen LogP contribution < -0.4 is 14.5 Å². The molecule has 8 nitrogen and oxygen atoms in total. The van der Waals surface area contributed by atoms with Gasteiger partial charge in [0.15, 0.2) is 0 Å². The van der Waals surface area contributed by atoms with Gasteiger partial charge < -0.3 is 15.1 Å². The molecule has 0 saturated heterocycles. The van der Waals surface area contributed by atoms with Crippen LogP contribution in [0.4, 0.5) is 17.1 Å². The van der Waals surface area contributed by atoms with Gasteiger partial charge in [0.1, 0.15) is 0 Å². The molecule has 0 unspecified atom stereocenters. The van der Waals surface area contributed by atoms with Crippen LogP contribution in [-0.2, 0) is 21.2 Å². The number of sulfonamides is 1. The van der Waals surface area contributed by atoms with E-state index in [0.717, 1.165) is 23.2 Å². The second-order valence-corrected chi connectivity index (χ2v) is 12.2. The summed E-state index contributed by atoms with van der Waals surface area (Å²) in [6.45, 7) is 2.72. The fourth-order valence-electron chi connectivity index (χ4n) is 5.09. The van der Waals surface area contributed by atoms with Crippen molar-refractivity contribution in [2.75, 3.05) is 48.8 Å².